The molecule has 0 spiro atoms. The van der Waals surface area contributed by atoms with E-state index in [9.17, 15) is 14.7 Å². The molecule has 7 heteroatoms. The molecule has 0 saturated carbocycles. The quantitative estimate of drug-likeness (QED) is 0.170. The minimum Gasteiger partial charge on any atom is -0.507 e. The number of ether oxygens (including phenoxy) is 1. The molecule has 1 aliphatic heterocycles. The maximum atomic E-state index is 13.3. The van der Waals surface area contributed by atoms with Crippen molar-refractivity contribution >= 4 is 44.3 Å². The second kappa shape index (κ2) is 10.0. The number of aliphatic hydroxyl groups excluding tert-OH is 1. The van der Waals surface area contributed by atoms with Crippen molar-refractivity contribution in [2.45, 2.75) is 19.4 Å². The standard InChI is InChI=1S/C29H25BrN2O4/c1-2-36-22-13-9-18(10-14-22)26-25(27(33)19-7-11-21(30)12-8-19)28(34)29(35)32(26)16-15-20-17-31-24-6-4-3-5-23(20)24/h3-14,17,26,31,33H,2,15-16H2,1H3. The number of nitrogens with zero attached hydrogens (tertiary/aromatic N) is 1. The molecule has 2 N–H and O–H groups in total. The maximum absolute atomic E-state index is 13.3. The third kappa shape index (κ3) is 4.42. The zero-order chi connectivity index (χ0) is 25.2. The number of nitrogens with one attached hydrogen (secondary N) is 1. The lowest BCUT2D eigenvalue weighted by atomic mass is 9.95. The molecule has 1 unspecified atom stereocenters. The molecule has 1 fully saturated rings. The number of carbonyl (C=O) groups is 2. The van der Waals surface area contributed by atoms with Crippen LogP contribution in [-0.4, -0.2) is 39.8 Å². The Balaban J connectivity index is 1.55. The topological polar surface area (TPSA) is 82.6 Å². The van der Waals surface area contributed by atoms with E-state index < -0.39 is 17.7 Å². The van der Waals surface area contributed by atoms with E-state index in [0.717, 1.165) is 26.5 Å². The first kappa shape index (κ1) is 23.9. The fourth-order valence-corrected chi connectivity index (χ4v) is 4.98. The number of Topliss-reactive ketones (excluding diaryl/α,β-unsaturated/α-hetero) is 1. The number of carbonyl (C=O) groups excluding carboxylic acids is 2. The van der Waals surface area contributed by atoms with E-state index in [0.29, 0.717) is 30.9 Å². The van der Waals surface area contributed by atoms with E-state index >= 15 is 0 Å². The molecule has 36 heavy (non-hydrogen) atoms. The second-order valence-corrected chi connectivity index (χ2v) is 9.53. The molecular weight excluding hydrogens is 520 g/mol. The molecule has 6 nitrogen and oxygen atoms in total. The number of H-pyrrole nitrogens is 1. The third-order valence-corrected chi connectivity index (χ3v) is 6.99. The van der Waals surface area contributed by atoms with Gasteiger partial charge in [-0.25, -0.2) is 0 Å². The molecule has 2 heterocycles. The monoisotopic (exact) mass is 544 g/mol. The van der Waals surface area contributed by atoms with Gasteiger partial charge in [-0.1, -0.05) is 58.4 Å². The van der Waals surface area contributed by atoms with Crippen molar-refractivity contribution in [1.82, 2.24) is 9.88 Å². The van der Waals surface area contributed by atoms with E-state index in [1.165, 1.54) is 0 Å². The van der Waals surface area contributed by atoms with Gasteiger partial charge in [0.15, 0.2) is 0 Å². The number of aromatic amines is 1. The van der Waals surface area contributed by atoms with Gasteiger partial charge in [-0.05, 0) is 54.8 Å². The van der Waals surface area contributed by atoms with E-state index in [1.807, 2.05) is 61.7 Å². The number of hydrogen-bond donors (Lipinski definition) is 2. The summed E-state index contributed by atoms with van der Waals surface area (Å²) in [6.45, 7) is 2.76. The van der Waals surface area contributed by atoms with Gasteiger partial charge >= 0.3 is 0 Å². The number of rotatable bonds is 7. The van der Waals surface area contributed by atoms with E-state index in [1.54, 1.807) is 29.2 Å². The summed E-state index contributed by atoms with van der Waals surface area (Å²) in [7, 11) is 0. The summed E-state index contributed by atoms with van der Waals surface area (Å²) in [6.07, 6.45) is 2.50. The van der Waals surface area contributed by atoms with Gasteiger partial charge in [-0.3, -0.25) is 9.59 Å². The number of fused-ring (bicyclic) bond motifs is 1. The lowest BCUT2D eigenvalue weighted by Gasteiger charge is -2.25. The van der Waals surface area contributed by atoms with Crippen molar-refractivity contribution in [2.24, 2.45) is 0 Å². The minimum absolute atomic E-state index is 0.0883. The highest BCUT2D eigenvalue weighted by Crippen LogP contribution is 2.40. The molecule has 1 atom stereocenters. The van der Waals surface area contributed by atoms with Crippen LogP contribution in [0.25, 0.3) is 16.7 Å². The normalized spacial score (nSPS) is 17.2. The molecule has 0 aliphatic carbocycles. The molecule has 1 aliphatic rings. The van der Waals surface area contributed by atoms with Crippen molar-refractivity contribution in [3.8, 4) is 5.75 Å². The predicted molar refractivity (Wildman–Crippen MR) is 143 cm³/mol. The molecule has 3 aromatic carbocycles. The minimum atomic E-state index is -0.713. The first-order valence-corrected chi connectivity index (χ1v) is 12.6. The molecule has 1 amide bonds. The highest BCUT2D eigenvalue weighted by atomic mass is 79.9. The summed E-state index contributed by atoms with van der Waals surface area (Å²) in [6, 6.07) is 21.6. The number of aliphatic hydroxyl groups is 1. The maximum Gasteiger partial charge on any atom is 0.295 e. The first-order valence-electron chi connectivity index (χ1n) is 11.8. The lowest BCUT2D eigenvalue weighted by Crippen LogP contribution is -2.31. The van der Waals surface area contributed by atoms with Crippen LogP contribution in [0.4, 0.5) is 0 Å². The highest BCUT2D eigenvalue weighted by molar-refractivity contribution is 9.10. The molecular formula is C29H25BrN2O4. The first-order chi connectivity index (χ1) is 17.5. The largest absolute Gasteiger partial charge is 0.507 e. The average molecular weight is 545 g/mol. The summed E-state index contributed by atoms with van der Waals surface area (Å²) in [5.41, 5.74) is 3.38. The second-order valence-electron chi connectivity index (χ2n) is 8.61. The van der Waals surface area contributed by atoms with Gasteiger partial charge in [0.25, 0.3) is 11.7 Å². The van der Waals surface area contributed by atoms with Gasteiger partial charge in [0.2, 0.25) is 0 Å². The number of aromatic nitrogens is 1. The Labute approximate surface area is 217 Å². The van der Waals surface area contributed by atoms with E-state index in [-0.39, 0.29) is 11.3 Å². The van der Waals surface area contributed by atoms with Crippen LogP contribution in [0.15, 0.2) is 89.0 Å². The molecule has 1 saturated heterocycles. The molecule has 1 aromatic heterocycles. The zero-order valence-electron chi connectivity index (χ0n) is 19.7. The van der Waals surface area contributed by atoms with Crippen LogP contribution in [0.5, 0.6) is 5.75 Å². The number of amides is 1. The van der Waals surface area contributed by atoms with Crippen LogP contribution in [0.2, 0.25) is 0 Å². The van der Waals surface area contributed by atoms with Crippen LogP contribution in [0.1, 0.15) is 29.7 Å². The van der Waals surface area contributed by atoms with E-state index in [2.05, 4.69) is 20.9 Å². The summed E-state index contributed by atoms with van der Waals surface area (Å²) in [5, 5.41) is 12.3. The van der Waals surface area contributed by atoms with Gasteiger partial charge in [0.05, 0.1) is 18.2 Å². The Kier molecular flexibility index (Phi) is 6.65. The summed E-state index contributed by atoms with van der Waals surface area (Å²) in [4.78, 5) is 31.4. The Hall–Kier alpha value is -3.84. The van der Waals surface area contributed by atoms with Gasteiger partial charge in [-0.2, -0.15) is 0 Å². The van der Waals surface area contributed by atoms with Crippen molar-refractivity contribution in [2.75, 3.05) is 13.2 Å². The van der Waals surface area contributed by atoms with Gasteiger partial charge in [0.1, 0.15) is 11.5 Å². The molecule has 5 rings (SSSR count). The lowest BCUT2D eigenvalue weighted by molar-refractivity contribution is -0.139. The number of halogens is 1. The van der Waals surface area contributed by atoms with Crippen molar-refractivity contribution in [3.05, 3.63) is 106 Å². The SMILES string of the molecule is CCOc1ccc(C2C(=C(O)c3ccc(Br)cc3)C(=O)C(=O)N2CCc2c[nH]c3ccccc23)cc1. The number of para-hydroxylation sites is 1. The molecule has 0 radical (unpaired) electrons. The number of ketones is 1. The summed E-state index contributed by atoms with van der Waals surface area (Å²) >= 11 is 3.39. The Morgan fingerprint density at radius 3 is 2.47 bits per heavy atom. The predicted octanol–water partition coefficient (Wildman–Crippen LogP) is 5.99. The van der Waals surface area contributed by atoms with Crippen LogP contribution in [-0.2, 0) is 16.0 Å². The summed E-state index contributed by atoms with van der Waals surface area (Å²) < 4.78 is 6.42. The van der Waals surface area contributed by atoms with E-state index in [4.69, 9.17) is 4.74 Å². The third-order valence-electron chi connectivity index (χ3n) is 6.46. The van der Waals surface area contributed by atoms with Crippen molar-refractivity contribution in [3.63, 3.8) is 0 Å². The Bertz CT molecular complexity index is 1450. The van der Waals surface area contributed by atoms with Crippen LogP contribution >= 0.6 is 15.9 Å². The van der Waals surface area contributed by atoms with Gasteiger partial charge in [0, 0.05) is 33.7 Å². The molecule has 4 aromatic rings. The Morgan fingerprint density at radius 2 is 1.75 bits per heavy atom. The number of likely N-dealkylation sites (tertiary alicyclic amines) is 1. The van der Waals surface area contributed by atoms with Crippen LogP contribution in [0, 0.1) is 0 Å². The zero-order valence-corrected chi connectivity index (χ0v) is 21.3. The smallest absolute Gasteiger partial charge is 0.295 e. The Morgan fingerprint density at radius 1 is 1.03 bits per heavy atom. The fraction of sp³-hybridized carbons (Fsp3) is 0.172. The molecule has 182 valence electrons. The van der Waals surface area contributed by atoms with Crippen molar-refractivity contribution in [1.29, 1.82) is 0 Å². The number of benzene rings is 3. The van der Waals surface area contributed by atoms with Crippen LogP contribution in [0.3, 0.4) is 0 Å². The van der Waals surface area contributed by atoms with Crippen LogP contribution < -0.4 is 4.74 Å². The van der Waals surface area contributed by atoms with Gasteiger partial charge < -0.3 is 19.7 Å². The van der Waals surface area contributed by atoms with Crippen molar-refractivity contribution < 1.29 is 19.4 Å². The fourth-order valence-electron chi connectivity index (χ4n) is 4.71. The summed E-state index contributed by atoms with van der Waals surface area (Å²) in [5.74, 6) is -0.792. The highest BCUT2D eigenvalue weighted by Gasteiger charge is 2.45. The molecule has 0 bridgehead atoms. The average Bonchev–Trinajstić information content (AvgIpc) is 3.42. The number of hydrogen-bond acceptors (Lipinski definition) is 4. The van der Waals surface area contributed by atoms with Gasteiger partial charge in [-0.15, -0.1) is 0 Å².